The smallest absolute Gasteiger partial charge is 0.151 e. The second-order valence-electron chi connectivity index (χ2n) is 4.71. The van der Waals surface area contributed by atoms with Crippen LogP contribution in [0, 0.1) is 0 Å². The minimum absolute atomic E-state index is 0.262. The Morgan fingerprint density at radius 2 is 2.28 bits per heavy atom. The zero-order valence-electron chi connectivity index (χ0n) is 11.4. The summed E-state index contributed by atoms with van der Waals surface area (Å²) in [7, 11) is 2.06. The number of hydrogen-bond donors (Lipinski definition) is 1. The highest BCUT2D eigenvalue weighted by atomic mass is 16.5. The summed E-state index contributed by atoms with van der Waals surface area (Å²) < 4.78 is 5.59. The summed E-state index contributed by atoms with van der Waals surface area (Å²) in [5, 5.41) is 11.8. The minimum atomic E-state index is 0.262. The van der Waals surface area contributed by atoms with Crippen LogP contribution >= 0.6 is 0 Å². The van der Waals surface area contributed by atoms with Crippen molar-refractivity contribution >= 4 is 5.82 Å². The molecule has 1 aromatic rings. The van der Waals surface area contributed by atoms with Crippen LogP contribution in [-0.4, -0.2) is 42.5 Å². The molecule has 0 spiro atoms. The molecule has 0 bridgehead atoms. The maximum Gasteiger partial charge on any atom is 0.151 e. The third-order valence-electron chi connectivity index (χ3n) is 3.46. The van der Waals surface area contributed by atoms with Gasteiger partial charge in [0.15, 0.2) is 5.82 Å². The van der Waals surface area contributed by atoms with Crippen molar-refractivity contribution in [2.24, 2.45) is 0 Å². The van der Waals surface area contributed by atoms with E-state index in [1.54, 1.807) is 0 Å². The van der Waals surface area contributed by atoms with Crippen molar-refractivity contribution in [3.05, 3.63) is 17.8 Å². The fourth-order valence-electron chi connectivity index (χ4n) is 2.29. The van der Waals surface area contributed by atoms with E-state index in [9.17, 15) is 0 Å². The molecule has 0 aliphatic carbocycles. The van der Waals surface area contributed by atoms with Crippen LogP contribution in [0.2, 0.25) is 0 Å². The van der Waals surface area contributed by atoms with Gasteiger partial charge >= 0.3 is 0 Å². The van der Waals surface area contributed by atoms with E-state index < -0.39 is 0 Å². The predicted molar refractivity (Wildman–Crippen MR) is 71.6 cm³/mol. The van der Waals surface area contributed by atoms with Gasteiger partial charge in [0.05, 0.1) is 17.8 Å². The zero-order valence-corrected chi connectivity index (χ0v) is 11.4. The normalized spacial score (nSPS) is 23.3. The summed E-state index contributed by atoms with van der Waals surface area (Å²) in [6.45, 7) is 6.75. The summed E-state index contributed by atoms with van der Waals surface area (Å²) in [5.74, 6) is 0.914. The van der Waals surface area contributed by atoms with Gasteiger partial charge in [-0.05, 0) is 32.0 Å². The molecule has 0 amide bonds. The standard InChI is InChI=1S/C13H22N4O/c1-4-14-9-11-5-6-13(16-15-11)17(3)12-7-8-18-10(12)2/h5-6,10,12,14H,4,7-9H2,1-3H3. The van der Waals surface area contributed by atoms with E-state index in [0.29, 0.717) is 6.04 Å². The molecule has 1 aliphatic heterocycles. The van der Waals surface area contributed by atoms with E-state index in [1.165, 1.54) is 0 Å². The number of hydrogen-bond acceptors (Lipinski definition) is 5. The quantitative estimate of drug-likeness (QED) is 0.851. The van der Waals surface area contributed by atoms with Gasteiger partial charge in [-0.25, -0.2) is 0 Å². The van der Waals surface area contributed by atoms with Crippen molar-refractivity contribution in [2.75, 3.05) is 25.1 Å². The van der Waals surface area contributed by atoms with E-state index in [4.69, 9.17) is 4.74 Å². The van der Waals surface area contributed by atoms with Crippen molar-refractivity contribution in [2.45, 2.75) is 39.0 Å². The SMILES string of the molecule is CCNCc1ccc(N(C)C2CCOC2C)nn1. The van der Waals surface area contributed by atoms with Crippen LogP contribution in [0.25, 0.3) is 0 Å². The molecule has 100 valence electrons. The Morgan fingerprint density at radius 3 is 2.83 bits per heavy atom. The van der Waals surface area contributed by atoms with E-state index in [0.717, 1.165) is 37.6 Å². The minimum Gasteiger partial charge on any atom is -0.376 e. The second-order valence-corrected chi connectivity index (χ2v) is 4.71. The van der Waals surface area contributed by atoms with Crippen molar-refractivity contribution in [3.8, 4) is 0 Å². The molecule has 2 heterocycles. The topological polar surface area (TPSA) is 50.3 Å². The van der Waals surface area contributed by atoms with Gasteiger partial charge in [0, 0.05) is 20.2 Å². The predicted octanol–water partition coefficient (Wildman–Crippen LogP) is 1.20. The van der Waals surface area contributed by atoms with E-state index in [2.05, 4.69) is 41.3 Å². The Labute approximate surface area is 109 Å². The zero-order chi connectivity index (χ0) is 13.0. The van der Waals surface area contributed by atoms with Gasteiger partial charge < -0.3 is 15.0 Å². The van der Waals surface area contributed by atoms with Crippen molar-refractivity contribution in [3.63, 3.8) is 0 Å². The maximum atomic E-state index is 5.59. The molecule has 2 unspecified atom stereocenters. The first-order chi connectivity index (χ1) is 8.72. The molecule has 2 atom stereocenters. The number of anilines is 1. The molecule has 2 rings (SSSR count). The highest BCUT2D eigenvalue weighted by molar-refractivity contribution is 5.38. The fourth-order valence-corrected chi connectivity index (χ4v) is 2.29. The average Bonchev–Trinajstić information content (AvgIpc) is 2.82. The summed E-state index contributed by atoms with van der Waals surface area (Å²) in [6.07, 6.45) is 1.32. The Hall–Kier alpha value is -1.20. The molecule has 1 aromatic heterocycles. The first-order valence-electron chi connectivity index (χ1n) is 6.60. The van der Waals surface area contributed by atoms with Gasteiger partial charge in [0.2, 0.25) is 0 Å². The summed E-state index contributed by atoms with van der Waals surface area (Å²) in [6, 6.07) is 4.46. The summed E-state index contributed by atoms with van der Waals surface area (Å²) >= 11 is 0. The summed E-state index contributed by atoms with van der Waals surface area (Å²) in [4.78, 5) is 2.17. The van der Waals surface area contributed by atoms with Crippen molar-refractivity contribution in [1.29, 1.82) is 0 Å². The molecule has 1 aliphatic rings. The molecule has 5 heteroatoms. The maximum absolute atomic E-state index is 5.59. The number of ether oxygens (including phenoxy) is 1. The van der Waals surface area contributed by atoms with Gasteiger partial charge in [-0.15, -0.1) is 5.10 Å². The molecule has 1 N–H and O–H groups in total. The number of nitrogens with zero attached hydrogens (tertiary/aromatic N) is 3. The molecule has 0 aromatic carbocycles. The van der Waals surface area contributed by atoms with Crippen molar-refractivity contribution in [1.82, 2.24) is 15.5 Å². The van der Waals surface area contributed by atoms with E-state index in [-0.39, 0.29) is 6.10 Å². The number of rotatable bonds is 5. The highest BCUT2D eigenvalue weighted by Gasteiger charge is 2.28. The highest BCUT2D eigenvalue weighted by Crippen LogP contribution is 2.22. The Balaban J connectivity index is 2.00. The summed E-state index contributed by atoms with van der Waals surface area (Å²) in [5.41, 5.74) is 0.977. The molecule has 0 radical (unpaired) electrons. The number of aromatic nitrogens is 2. The first kappa shape index (κ1) is 13.2. The molecule has 0 saturated carbocycles. The van der Waals surface area contributed by atoms with Gasteiger partial charge in [0.25, 0.3) is 0 Å². The van der Waals surface area contributed by atoms with Gasteiger partial charge in [-0.2, -0.15) is 5.10 Å². The Bertz CT molecular complexity index is 368. The largest absolute Gasteiger partial charge is 0.376 e. The molecule has 1 saturated heterocycles. The number of likely N-dealkylation sites (N-methyl/N-ethyl adjacent to an activating group) is 1. The van der Waals surface area contributed by atoms with Crippen LogP contribution in [0.4, 0.5) is 5.82 Å². The van der Waals surface area contributed by atoms with Crippen LogP contribution in [-0.2, 0) is 11.3 Å². The third-order valence-corrected chi connectivity index (χ3v) is 3.46. The van der Waals surface area contributed by atoms with Gasteiger partial charge in [-0.3, -0.25) is 0 Å². The molecule has 1 fully saturated rings. The number of nitrogens with one attached hydrogen (secondary N) is 1. The Kier molecular flexibility index (Phi) is 4.49. The lowest BCUT2D eigenvalue weighted by atomic mass is 10.1. The molecular formula is C13H22N4O. The fraction of sp³-hybridized carbons (Fsp3) is 0.692. The average molecular weight is 250 g/mol. The van der Waals surface area contributed by atoms with Crippen LogP contribution in [0.1, 0.15) is 26.0 Å². The lowest BCUT2D eigenvalue weighted by Crippen LogP contribution is -2.37. The van der Waals surface area contributed by atoms with E-state index in [1.807, 2.05) is 12.1 Å². The molecule has 18 heavy (non-hydrogen) atoms. The lowest BCUT2D eigenvalue weighted by Gasteiger charge is -2.27. The first-order valence-corrected chi connectivity index (χ1v) is 6.60. The third kappa shape index (κ3) is 2.97. The van der Waals surface area contributed by atoms with Gasteiger partial charge in [-0.1, -0.05) is 6.92 Å². The van der Waals surface area contributed by atoms with Crippen molar-refractivity contribution < 1.29 is 4.74 Å². The van der Waals surface area contributed by atoms with Crippen LogP contribution < -0.4 is 10.2 Å². The second kappa shape index (κ2) is 6.11. The molecule has 5 nitrogen and oxygen atoms in total. The van der Waals surface area contributed by atoms with E-state index >= 15 is 0 Å². The molecular weight excluding hydrogens is 228 g/mol. The van der Waals surface area contributed by atoms with Crippen LogP contribution in [0.5, 0.6) is 0 Å². The monoisotopic (exact) mass is 250 g/mol. The lowest BCUT2D eigenvalue weighted by molar-refractivity contribution is 0.118. The Morgan fingerprint density at radius 1 is 1.44 bits per heavy atom. The van der Waals surface area contributed by atoms with Gasteiger partial charge in [0.1, 0.15) is 0 Å². The van der Waals surface area contributed by atoms with Crippen LogP contribution in [0.15, 0.2) is 12.1 Å². The van der Waals surface area contributed by atoms with Crippen LogP contribution in [0.3, 0.4) is 0 Å².